The van der Waals surface area contributed by atoms with Crippen LogP contribution in [0.1, 0.15) is 31.2 Å². The first-order valence-electron chi connectivity index (χ1n) is 9.43. The second-order valence-corrected chi connectivity index (χ2v) is 6.80. The summed E-state index contributed by atoms with van der Waals surface area (Å²) in [6, 6.07) is 2.41. The molecule has 0 radical (unpaired) electrons. The van der Waals surface area contributed by atoms with Crippen LogP contribution in [0.2, 0.25) is 0 Å². The van der Waals surface area contributed by atoms with E-state index < -0.39 is 41.9 Å². The highest BCUT2D eigenvalue weighted by Crippen LogP contribution is 2.12. The number of benzene rings is 1. The summed E-state index contributed by atoms with van der Waals surface area (Å²) in [5.41, 5.74) is 11.7. The number of carbonyl (C=O) groups is 4. The van der Waals surface area contributed by atoms with Gasteiger partial charge in [-0.05, 0) is 43.5 Å². The molecule has 0 spiro atoms. The van der Waals surface area contributed by atoms with Gasteiger partial charge in [0.15, 0.2) is 0 Å². The monoisotopic (exact) mass is 424 g/mol. The zero-order valence-corrected chi connectivity index (χ0v) is 16.4. The van der Waals surface area contributed by atoms with E-state index in [1.165, 1.54) is 24.3 Å². The van der Waals surface area contributed by atoms with Crippen molar-refractivity contribution >= 4 is 23.8 Å². The predicted molar refractivity (Wildman–Crippen MR) is 106 cm³/mol. The largest absolute Gasteiger partial charge is 0.508 e. The lowest BCUT2D eigenvalue weighted by molar-refractivity contribution is -0.142. The second-order valence-electron chi connectivity index (χ2n) is 6.80. The average molecular weight is 424 g/mol. The van der Waals surface area contributed by atoms with Crippen LogP contribution in [0.15, 0.2) is 24.3 Å². The number of carboxylic acids is 2. The Morgan fingerprint density at radius 2 is 1.53 bits per heavy atom. The molecule has 11 heteroatoms. The van der Waals surface area contributed by atoms with E-state index in [0.717, 1.165) is 0 Å². The lowest BCUT2D eigenvalue weighted by Gasteiger charge is -2.23. The lowest BCUT2D eigenvalue weighted by atomic mass is 10.0. The average Bonchev–Trinajstić information content (AvgIpc) is 2.69. The molecule has 0 saturated heterocycles. The highest BCUT2D eigenvalue weighted by atomic mass is 16.4. The Morgan fingerprint density at radius 3 is 2.07 bits per heavy atom. The Morgan fingerprint density at radius 1 is 0.933 bits per heavy atom. The van der Waals surface area contributed by atoms with Gasteiger partial charge < -0.3 is 37.4 Å². The smallest absolute Gasteiger partial charge is 0.326 e. The van der Waals surface area contributed by atoms with Crippen molar-refractivity contribution in [2.24, 2.45) is 11.5 Å². The lowest BCUT2D eigenvalue weighted by Crippen LogP contribution is -2.55. The molecule has 0 unspecified atom stereocenters. The Hall–Kier alpha value is -3.18. The van der Waals surface area contributed by atoms with Gasteiger partial charge in [0.05, 0.1) is 6.04 Å². The Kier molecular flexibility index (Phi) is 10.3. The Bertz CT molecular complexity index is 739. The first-order valence-corrected chi connectivity index (χ1v) is 9.43. The molecule has 1 rings (SSSR count). The van der Waals surface area contributed by atoms with Gasteiger partial charge in [0.25, 0.3) is 0 Å². The van der Waals surface area contributed by atoms with E-state index in [9.17, 15) is 29.4 Å². The number of nitrogens with one attached hydrogen (secondary N) is 2. The fraction of sp³-hybridized carbons (Fsp3) is 0.474. The zero-order chi connectivity index (χ0) is 22.7. The van der Waals surface area contributed by atoms with Gasteiger partial charge >= 0.3 is 11.9 Å². The van der Waals surface area contributed by atoms with E-state index in [1.807, 2.05) is 0 Å². The molecule has 0 fully saturated rings. The summed E-state index contributed by atoms with van der Waals surface area (Å²) in [5.74, 6) is -3.77. The summed E-state index contributed by atoms with van der Waals surface area (Å²) in [6.45, 7) is 0.251. The van der Waals surface area contributed by atoms with Gasteiger partial charge in [-0.2, -0.15) is 0 Å². The number of amides is 2. The van der Waals surface area contributed by atoms with Crippen molar-refractivity contribution in [3.63, 3.8) is 0 Å². The number of aliphatic carboxylic acids is 2. The van der Waals surface area contributed by atoms with Gasteiger partial charge in [0.2, 0.25) is 11.8 Å². The van der Waals surface area contributed by atoms with E-state index in [1.54, 1.807) is 0 Å². The SMILES string of the molecule is NCCC[C@@H](NC(=O)[C@@H](N)CCC(=O)O)C(=O)N[C@@H](Cc1ccc(O)cc1)C(=O)O. The van der Waals surface area contributed by atoms with Crippen LogP contribution in [0.3, 0.4) is 0 Å². The maximum absolute atomic E-state index is 12.6. The van der Waals surface area contributed by atoms with Crippen molar-refractivity contribution < 1.29 is 34.5 Å². The van der Waals surface area contributed by atoms with E-state index >= 15 is 0 Å². The summed E-state index contributed by atoms with van der Waals surface area (Å²) >= 11 is 0. The first-order chi connectivity index (χ1) is 14.1. The minimum absolute atomic E-state index is 0.0264. The fourth-order valence-corrected chi connectivity index (χ4v) is 2.62. The first kappa shape index (κ1) is 24.9. The summed E-state index contributed by atoms with van der Waals surface area (Å²) in [7, 11) is 0. The van der Waals surface area contributed by atoms with E-state index in [4.69, 9.17) is 16.6 Å². The molecular formula is C19H28N4O7. The van der Waals surface area contributed by atoms with Gasteiger partial charge in [-0.25, -0.2) is 4.79 Å². The number of rotatable bonds is 13. The highest BCUT2D eigenvalue weighted by molar-refractivity contribution is 5.92. The second kappa shape index (κ2) is 12.4. The quantitative estimate of drug-likeness (QED) is 0.205. The van der Waals surface area contributed by atoms with Crippen LogP contribution in [-0.4, -0.2) is 63.7 Å². The summed E-state index contributed by atoms with van der Waals surface area (Å²) in [4.78, 5) is 47.0. The molecule has 0 aromatic heterocycles. The molecule has 0 bridgehead atoms. The molecule has 2 amide bonds. The number of phenolic OH excluding ortho intramolecular Hbond substituents is 1. The van der Waals surface area contributed by atoms with Crippen LogP contribution < -0.4 is 22.1 Å². The third-order valence-electron chi connectivity index (χ3n) is 4.33. The van der Waals surface area contributed by atoms with Gasteiger partial charge in [0, 0.05) is 12.8 Å². The molecule has 0 aliphatic rings. The minimum Gasteiger partial charge on any atom is -0.508 e. The Balaban J connectivity index is 2.80. The number of phenols is 1. The number of hydrogen-bond acceptors (Lipinski definition) is 7. The molecular weight excluding hydrogens is 396 g/mol. The minimum atomic E-state index is -1.27. The molecule has 0 saturated carbocycles. The molecule has 1 aromatic carbocycles. The van der Waals surface area contributed by atoms with Crippen molar-refractivity contribution in [2.75, 3.05) is 6.54 Å². The molecule has 3 atom stereocenters. The topological polar surface area (TPSA) is 205 Å². The van der Waals surface area contributed by atoms with E-state index in [0.29, 0.717) is 12.0 Å². The normalized spacial score (nSPS) is 13.7. The van der Waals surface area contributed by atoms with Crippen molar-refractivity contribution in [2.45, 2.75) is 50.2 Å². The Labute approximate surface area is 173 Å². The van der Waals surface area contributed by atoms with Crippen molar-refractivity contribution in [3.8, 4) is 5.75 Å². The molecule has 0 aliphatic carbocycles. The number of carboxylic acid groups (broad SMARTS) is 2. The molecule has 1 aromatic rings. The van der Waals surface area contributed by atoms with Crippen LogP contribution in [-0.2, 0) is 25.6 Å². The molecule has 11 nitrogen and oxygen atoms in total. The molecule has 0 aliphatic heterocycles. The highest BCUT2D eigenvalue weighted by Gasteiger charge is 2.28. The van der Waals surface area contributed by atoms with Crippen molar-refractivity contribution in [1.29, 1.82) is 0 Å². The van der Waals surface area contributed by atoms with E-state index in [2.05, 4.69) is 10.6 Å². The van der Waals surface area contributed by atoms with Crippen LogP contribution in [0.25, 0.3) is 0 Å². The zero-order valence-electron chi connectivity index (χ0n) is 16.4. The molecule has 166 valence electrons. The maximum atomic E-state index is 12.6. The summed E-state index contributed by atoms with van der Waals surface area (Å²) < 4.78 is 0. The van der Waals surface area contributed by atoms with E-state index in [-0.39, 0.29) is 38.0 Å². The number of carbonyl (C=O) groups excluding carboxylic acids is 2. The van der Waals surface area contributed by atoms with Gasteiger partial charge in [-0.3, -0.25) is 14.4 Å². The number of aromatic hydroxyl groups is 1. The fourth-order valence-electron chi connectivity index (χ4n) is 2.62. The third kappa shape index (κ3) is 8.88. The maximum Gasteiger partial charge on any atom is 0.326 e. The van der Waals surface area contributed by atoms with Gasteiger partial charge in [0.1, 0.15) is 17.8 Å². The molecule has 0 heterocycles. The third-order valence-corrected chi connectivity index (χ3v) is 4.33. The van der Waals surface area contributed by atoms with Crippen LogP contribution in [0.4, 0.5) is 0 Å². The predicted octanol–water partition coefficient (Wildman–Crippen LogP) is -1.08. The number of nitrogens with two attached hydrogens (primary N) is 2. The standard InChI is InChI=1S/C19H28N4O7/c20-9-1-2-14(22-17(27)13(21)7-8-16(25)26)18(28)23-15(19(29)30)10-11-3-5-12(24)6-4-11/h3-6,13-15,24H,1-2,7-10,20-21H2,(H,22,27)(H,23,28)(H,25,26)(H,29,30)/t13-,14+,15-/m0/s1. The van der Waals surface area contributed by atoms with Crippen molar-refractivity contribution in [1.82, 2.24) is 10.6 Å². The summed E-state index contributed by atoms with van der Waals surface area (Å²) in [6.07, 6.45) is 0.105. The van der Waals surface area contributed by atoms with Gasteiger partial charge in [-0.15, -0.1) is 0 Å². The molecule has 9 N–H and O–H groups in total. The van der Waals surface area contributed by atoms with Gasteiger partial charge in [-0.1, -0.05) is 12.1 Å². The van der Waals surface area contributed by atoms with Crippen LogP contribution in [0.5, 0.6) is 5.75 Å². The van der Waals surface area contributed by atoms with Crippen LogP contribution in [0, 0.1) is 0 Å². The summed E-state index contributed by atoms with van der Waals surface area (Å²) in [5, 5.41) is 32.3. The number of hydrogen-bond donors (Lipinski definition) is 7. The van der Waals surface area contributed by atoms with Crippen LogP contribution >= 0.6 is 0 Å². The van der Waals surface area contributed by atoms with Crippen molar-refractivity contribution in [3.05, 3.63) is 29.8 Å². The molecule has 30 heavy (non-hydrogen) atoms.